The zero-order valence-corrected chi connectivity index (χ0v) is 8.88. The second-order valence-electron chi connectivity index (χ2n) is 4.08. The van der Waals surface area contributed by atoms with E-state index in [0.29, 0.717) is 0 Å². The van der Waals surface area contributed by atoms with Crippen LogP contribution in [0.1, 0.15) is 39.2 Å². The van der Waals surface area contributed by atoms with Crippen molar-refractivity contribution in [2.45, 2.75) is 39.0 Å². The predicted octanol–water partition coefficient (Wildman–Crippen LogP) is 3.97. The highest BCUT2D eigenvalue weighted by Gasteiger charge is 2.18. The average molecular weight is 175 g/mol. The molecule has 0 aliphatic heterocycles. The van der Waals surface area contributed by atoms with Crippen LogP contribution >= 0.6 is 0 Å². The number of unbranched alkanes of at least 4 members (excludes halogenated alkanes) is 1. The van der Waals surface area contributed by atoms with Crippen LogP contribution in [0.2, 0.25) is 0 Å². The van der Waals surface area contributed by atoms with E-state index in [4.69, 9.17) is 0 Å². The van der Waals surface area contributed by atoms with E-state index in [1.807, 2.05) is 0 Å². The predicted molar refractivity (Wildman–Crippen MR) is 58.7 cm³/mol. The Labute approximate surface area is 82.0 Å². The molecular weight excluding hydrogens is 156 g/mol. The lowest BCUT2D eigenvalue weighted by molar-refractivity contribution is 0.578. The van der Waals surface area contributed by atoms with E-state index in [9.17, 15) is 0 Å². The van der Waals surface area contributed by atoms with Crippen molar-refractivity contribution in [3.63, 3.8) is 0 Å². The van der Waals surface area contributed by atoms with Gasteiger partial charge in [0.25, 0.3) is 0 Å². The van der Waals surface area contributed by atoms with Crippen molar-refractivity contribution in [1.29, 1.82) is 0 Å². The number of benzene rings is 1. The molecular formula is C13H19. The Hall–Kier alpha value is -0.780. The maximum atomic E-state index is 2.41. The van der Waals surface area contributed by atoms with Gasteiger partial charge in [0, 0.05) is 0 Å². The summed E-state index contributed by atoms with van der Waals surface area (Å²) in [4.78, 5) is 0. The molecule has 0 atom stereocenters. The Balaban J connectivity index is 2.69. The van der Waals surface area contributed by atoms with E-state index in [-0.39, 0.29) is 5.41 Å². The Bertz CT molecular complexity index is 233. The normalized spacial score (nSPS) is 11.6. The van der Waals surface area contributed by atoms with Crippen molar-refractivity contribution < 1.29 is 0 Å². The van der Waals surface area contributed by atoms with Gasteiger partial charge in [0.2, 0.25) is 0 Å². The topological polar surface area (TPSA) is 0 Å². The van der Waals surface area contributed by atoms with Crippen molar-refractivity contribution in [2.24, 2.45) is 0 Å². The first kappa shape index (κ1) is 10.3. The molecule has 1 aromatic carbocycles. The van der Waals surface area contributed by atoms with E-state index in [1.54, 1.807) is 0 Å². The summed E-state index contributed by atoms with van der Waals surface area (Å²) in [5, 5.41) is 0. The minimum absolute atomic E-state index is 0.220. The SMILES string of the molecule is CCC[CH]C(C)(C)c1ccccc1. The van der Waals surface area contributed by atoms with Gasteiger partial charge in [-0.3, -0.25) is 0 Å². The summed E-state index contributed by atoms with van der Waals surface area (Å²) in [5.41, 5.74) is 1.63. The fourth-order valence-electron chi connectivity index (χ4n) is 1.49. The first-order valence-electron chi connectivity index (χ1n) is 5.06. The molecule has 0 aromatic heterocycles. The highest BCUT2D eigenvalue weighted by molar-refractivity contribution is 5.26. The van der Waals surface area contributed by atoms with Crippen molar-refractivity contribution >= 4 is 0 Å². The molecule has 0 spiro atoms. The fourth-order valence-corrected chi connectivity index (χ4v) is 1.49. The van der Waals surface area contributed by atoms with Crippen molar-refractivity contribution in [1.82, 2.24) is 0 Å². The summed E-state index contributed by atoms with van der Waals surface area (Å²) in [5.74, 6) is 0. The quantitative estimate of drug-likeness (QED) is 0.649. The molecule has 0 heteroatoms. The summed E-state index contributed by atoms with van der Waals surface area (Å²) >= 11 is 0. The van der Waals surface area contributed by atoms with Gasteiger partial charge in [0.1, 0.15) is 0 Å². The molecule has 0 aliphatic carbocycles. The van der Waals surface area contributed by atoms with Crippen molar-refractivity contribution in [3.05, 3.63) is 42.3 Å². The third-order valence-electron chi connectivity index (χ3n) is 2.46. The first-order valence-corrected chi connectivity index (χ1v) is 5.06. The Morgan fingerprint density at radius 2 is 1.77 bits per heavy atom. The molecule has 0 aliphatic rings. The van der Waals surface area contributed by atoms with Crippen LogP contribution in [0.25, 0.3) is 0 Å². The van der Waals surface area contributed by atoms with Crippen molar-refractivity contribution in [2.75, 3.05) is 0 Å². The van der Waals surface area contributed by atoms with Gasteiger partial charge < -0.3 is 0 Å². The molecule has 1 rings (SSSR count). The molecule has 1 aromatic rings. The maximum Gasteiger partial charge on any atom is -0.00724 e. The molecule has 1 radical (unpaired) electrons. The van der Waals surface area contributed by atoms with E-state index in [2.05, 4.69) is 57.5 Å². The van der Waals surface area contributed by atoms with Crippen LogP contribution in [0, 0.1) is 6.42 Å². The van der Waals surface area contributed by atoms with Crippen LogP contribution in [0.15, 0.2) is 30.3 Å². The van der Waals surface area contributed by atoms with Crippen LogP contribution in [-0.2, 0) is 5.41 Å². The molecule has 0 bridgehead atoms. The average Bonchev–Trinajstić information content (AvgIpc) is 2.16. The molecule has 0 saturated heterocycles. The minimum atomic E-state index is 0.220. The molecule has 0 fully saturated rings. The Morgan fingerprint density at radius 1 is 1.15 bits per heavy atom. The third kappa shape index (κ3) is 2.87. The van der Waals surface area contributed by atoms with Crippen LogP contribution in [-0.4, -0.2) is 0 Å². The van der Waals surface area contributed by atoms with E-state index in [1.165, 1.54) is 18.4 Å². The Morgan fingerprint density at radius 3 is 2.31 bits per heavy atom. The highest BCUT2D eigenvalue weighted by atomic mass is 14.2. The maximum absolute atomic E-state index is 2.41. The van der Waals surface area contributed by atoms with Gasteiger partial charge in [0.05, 0.1) is 0 Å². The second-order valence-corrected chi connectivity index (χ2v) is 4.08. The smallest absolute Gasteiger partial charge is 0.00724 e. The number of rotatable bonds is 4. The Kier molecular flexibility index (Phi) is 3.53. The summed E-state index contributed by atoms with van der Waals surface area (Å²) < 4.78 is 0. The van der Waals surface area contributed by atoms with Gasteiger partial charge in [-0.05, 0) is 23.8 Å². The zero-order valence-electron chi connectivity index (χ0n) is 8.88. The molecule has 0 heterocycles. The van der Waals surface area contributed by atoms with E-state index in [0.717, 1.165) is 0 Å². The largest absolute Gasteiger partial charge is 0.0654 e. The van der Waals surface area contributed by atoms with Crippen LogP contribution in [0.4, 0.5) is 0 Å². The van der Waals surface area contributed by atoms with Crippen molar-refractivity contribution in [3.8, 4) is 0 Å². The standard InChI is InChI=1S/C13H19/c1-4-5-11-13(2,3)12-9-7-6-8-10-12/h6-11H,4-5H2,1-3H3. The lowest BCUT2D eigenvalue weighted by atomic mass is 9.80. The fraction of sp³-hybridized carbons (Fsp3) is 0.462. The van der Waals surface area contributed by atoms with Crippen LogP contribution in [0.5, 0.6) is 0 Å². The molecule has 0 unspecified atom stereocenters. The van der Waals surface area contributed by atoms with E-state index >= 15 is 0 Å². The summed E-state index contributed by atoms with van der Waals surface area (Å²) in [6.07, 6.45) is 4.83. The van der Waals surface area contributed by atoms with Gasteiger partial charge in [0.15, 0.2) is 0 Å². The molecule has 0 N–H and O–H groups in total. The van der Waals surface area contributed by atoms with Crippen LogP contribution in [0.3, 0.4) is 0 Å². The lowest BCUT2D eigenvalue weighted by Crippen LogP contribution is -2.17. The molecule has 0 amide bonds. The number of hydrogen-bond donors (Lipinski definition) is 0. The lowest BCUT2D eigenvalue weighted by Gasteiger charge is -2.24. The van der Waals surface area contributed by atoms with Gasteiger partial charge >= 0.3 is 0 Å². The van der Waals surface area contributed by atoms with Crippen LogP contribution < -0.4 is 0 Å². The minimum Gasteiger partial charge on any atom is -0.0654 e. The molecule has 71 valence electrons. The summed E-state index contributed by atoms with van der Waals surface area (Å²) in [6.45, 7) is 6.77. The second kappa shape index (κ2) is 4.45. The molecule has 13 heavy (non-hydrogen) atoms. The monoisotopic (exact) mass is 175 g/mol. The molecule has 0 nitrogen and oxygen atoms in total. The summed E-state index contributed by atoms with van der Waals surface area (Å²) in [7, 11) is 0. The van der Waals surface area contributed by atoms with Gasteiger partial charge in [-0.15, -0.1) is 0 Å². The van der Waals surface area contributed by atoms with E-state index < -0.39 is 0 Å². The zero-order chi connectivity index (χ0) is 9.73. The molecule has 0 saturated carbocycles. The highest BCUT2D eigenvalue weighted by Crippen LogP contribution is 2.27. The van der Waals surface area contributed by atoms with Gasteiger partial charge in [-0.1, -0.05) is 57.5 Å². The summed E-state index contributed by atoms with van der Waals surface area (Å²) in [6, 6.07) is 10.7. The number of hydrogen-bond acceptors (Lipinski definition) is 0. The first-order chi connectivity index (χ1) is 6.17. The van der Waals surface area contributed by atoms with Gasteiger partial charge in [-0.25, -0.2) is 0 Å². The third-order valence-corrected chi connectivity index (χ3v) is 2.46. The van der Waals surface area contributed by atoms with Gasteiger partial charge in [-0.2, -0.15) is 0 Å².